The molecule has 1 N–H and O–H groups in total. The molecule has 0 saturated carbocycles. The number of benzene rings is 1. The van der Waals surface area contributed by atoms with Crippen LogP contribution in [-0.2, 0) is 22.2 Å². The van der Waals surface area contributed by atoms with Crippen molar-refractivity contribution in [3.05, 3.63) is 35.4 Å². The molecule has 8 heteroatoms. The van der Waals surface area contributed by atoms with Gasteiger partial charge in [-0.05, 0) is 24.1 Å². The Morgan fingerprint density at radius 3 is 2.48 bits per heavy atom. The summed E-state index contributed by atoms with van der Waals surface area (Å²) in [5.74, 6) is 0.0101. The molecule has 25 heavy (non-hydrogen) atoms. The third kappa shape index (κ3) is 4.31. The summed E-state index contributed by atoms with van der Waals surface area (Å²) in [7, 11) is 0. The number of rotatable bonds is 4. The number of alkyl halides is 3. The summed E-state index contributed by atoms with van der Waals surface area (Å²) in [6, 6.07) is 5.14. The molecule has 0 atom stereocenters. The highest BCUT2D eigenvalue weighted by molar-refractivity contribution is 5.79. The average molecular weight is 355 g/mol. The van der Waals surface area contributed by atoms with E-state index in [4.69, 9.17) is 0 Å². The fraction of sp³-hybridized carbons (Fsp3) is 0.529. The lowest BCUT2D eigenvalue weighted by Gasteiger charge is -2.46. The molecule has 1 aromatic carbocycles. The Morgan fingerprint density at radius 2 is 1.88 bits per heavy atom. The van der Waals surface area contributed by atoms with E-state index < -0.39 is 11.7 Å². The lowest BCUT2D eigenvalue weighted by molar-refractivity contribution is -0.140. The summed E-state index contributed by atoms with van der Waals surface area (Å²) in [4.78, 5) is 27.4. The van der Waals surface area contributed by atoms with Gasteiger partial charge in [-0.1, -0.05) is 12.1 Å². The van der Waals surface area contributed by atoms with E-state index >= 15 is 0 Å². The van der Waals surface area contributed by atoms with Crippen LogP contribution in [0.5, 0.6) is 0 Å². The zero-order valence-electron chi connectivity index (χ0n) is 13.7. The average Bonchev–Trinajstić information content (AvgIpc) is 2.51. The van der Waals surface area contributed by atoms with Crippen molar-refractivity contribution in [2.75, 3.05) is 32.7 Å². The van der Waals surface area contributed by atoms with Gasteiger partial charge in [0.05, 0.1) is 12.1 Å². The topological polar surface area (TPSA) is 52.7 Å². The molecule has 0 aromatic heterocycles. The van der Waals surface area contributed by atoms with Gasteiger partial charge in [0.2, 0.25) is 11.8 Å². The minimum absolute atomic E-state index is 0.00221. The van der Waals surface area contributed by atoms with Gasteiger partial charge < -0.3 is 10.2 Å². The smallest absolute Gasteiger partial charge is 0.354 e. The lowest BCUT2D eigenvalue weighted by atomic mass is 10.0. The molecule has 1 aromatic rings. The third-order valence-electron chi connectivity index (χ3n) is 4.71. The van der Waals surface area contributed by atoms with Crippen molar-refractivity contribution in [2.24, 2.45) is 0 Å². The molecule has 2 fully saturated rings. The molecule has 136 valence electrons. The van der Waals surface area contributed by atoms with E-state index in [1.54, 1.807) is 4.90 Å². The van der Waals surface area contributed by atoms with Gasteiger partial charge >= 0.3 is 6.18 Å². The number of carbonyl (C=O) groups excluding carboxylic acids is 2. The van der Waals surface area contributed by atoms with Gasteiger partial charge in [0.25, 0.3) is 0 Å². The highest BCUT2D eigenvalue weighted by Crippen LogP contribution is 2.29. The Kier molecular flexibility index (Phi) is 4.99. The van der Waals surface area contributed by atoms with Crippen molar-refractivity contribution in [3.8, 4) is 0 Å². The molecular weight excluding hydrogens is 335 g/mol. The van der Waals surface area contributed by atoms with Crippen LogP contribution in [0.2, 0.25) is 0 Å². The van der Waals surface area contributed by atoms with Crippen LogP contribution in [-0.4, -0.2) is 60.4 Å². The first-order valence-electron chi connectivity index (χ1n) is 8.27. The number of hydrogen-bond donors (Lipinski definition) is 1. The van der Waals surface area contributed by atoms with Crippen LogP contribution < -0.4 is 5.32 Å². The molecule has 3 rings (SSSR count). The summed E-state index contributed by atoms with van der Waals surface area (Å²) < 4.78 is 37.6. The van der Waals surface area contributed by atoms with Gasteiger partial charge in [0.15, 0.2) is 0 Å². The van der Waals surface area contributed by atoms with E-state index in [0.717, 1.165) is 18.7 Å². The largest absolute Gasteiger partial charge is 0.416 e. The van der Waals surface area contributed by atoms with Crippen molar-refractivity contribution in [1.29, 1.82) is 0 Å². The van der Waals surface area contributed by atoms with E-state index in [1.807, 2.05) is 0 Å². The number of nitrogens with one attached hydrogen (secondary N) is 1. The zero-order chi connectivity index (χ0) is 18.0. The molecule has 0 radical (unpaired) electrons. The number of piperazine rings is 1. The standard InChI is InChI=1S/C17H20F3N3O2/c18-17(19,20)13-4-1-12(2-5-13)3-6-16(25)23-9-14(10-23)22-8-7-21-15(24)11-22/h1-2,4-5,14H,3,6-11H2,(H,21,24). The predicted molar refractivity (Wildman–Crippen MR) is 84.7 cm³/mol. The van der Waals surface area contributed by atoms with Crippen LogP contribution in [0.15, 0.2) is 24.3 Å². The van der Waals surface area contributed by atoms with Crippen LogP contribution in [0.4, 0.5) is 13.2 Å². The second kappa shape index (κ2) is 7.03. The normalized spacial score (nSPS) is 19.5. The highest BCUT2D eigenvalue weighted by Gasteiger charge is 2.36. The number of aryl methyl sites for hydroxylation is 1. The fourth-order valence-electron chi connectivity index (χ4n) is 3.13. The minimum atomic E-state index is -4.34. The molecule has 2 heterocycles. The summed E-state index contributed by atoms with van der Waals surface area (Å²) in [5.41, 5.74) is 0.0323. The number of likely N-dealkylation sites (tertiary alicyclic amines) is 1. The van der Waals surface area contributed by atoms with Gasteiger partial charge in [-0.25, -0.2) is 0 Å². The molecule has 2 aliphatic rings. The van der Waals surface area contributed by atoms with Crippen LogP contribution >= 0.6 is 0 Å². The van der Waals surface area contributed by atoms with E-state index in [2.05, 4.69) is 10.2 Å². The van der Waals surface area contributed by atoms with E-state index in [9.17, 15) is 22.8 Å². The van der Waals surface area contributed by atoms with E-state index in [-0.39, 0.29) is 24.3 Å². The van der Waals surface area contributed by atoms with Crippen molar-refractivity contribution in [3.63, 3.8) is 0 Å². The summed E-state index contributed by atoms with van der Waals surface area (Å²) in [5, 5.41) is 2.77. The number of amides is 2. The summed E-state index contributed by atoms with van der Waals surface area (Å²) >= 11 is 0. The van der Waals surface area contributed by atoms with Crippen LogP contribution in [0.3, 0.4) is 0 Å². The van der Waals surface area contributed by atoms with Gasteiger partial charge in [-0.3, -0.25) is 14.5 Å². The van der Waals surface area contributed by atoms with Crippen molar-refractivity contribution in [1.82, 2.24) is 15.1 Å². The maximum Gasteiger partial charge on any atom is 0.416 e. The van der Waals surface area contributed by atoms with Crippen molar-refractivity contribution >= 4 is 11.8 Å². The number of hydrogen-bond acceptors (Lipinski definition) is 3. The SMILES string of the molecule is O=C1CN(C2CN(C(=O)CCc3ccc(C(F)(F)F)cc3)C2)CCN1. The quantitative estimate of drug-likeness (QED) is 0.885. The molecule has 0 aliphatic carbocycles. The third-order valence-corrected chi connectivity index (χ3v) is 4.71. The molecular formula is C17H20F3N3O2. The van der Waals surface area contributed by atoms with E-state index in [0.29, 0.717) is 38.2 Å². The first kappa shape index (κ1) is 17.7. The summed E-state index contributed by atoms with van der Waals surface area (Å²) in [6.45, 7) is 3.03. The number of halogens is 3. The Labute approximate surface area is 143 Å². The fourth-order valence-corrected chi connectivity index (χ4v) is 3.13. The molecule has 2 aliphatic heterocycles. The Balaban J connectivity index is 1.42. The van der Waals surface area contributed by atoms with Gasteiger partial charge in [0.1, 0.15) is 0 Å². The van der Waals surface area contributed by atoms with Gasteiger partial charge in [-0.15, -0.1) is 0 Å². The molecule has 2 saturated heterocycles. The van der Waals surface area contributed by atoms with Gasteiger partial charge in [-0.2, -0.15) is 13.2 Å². The maximum absolute atomic E-state index is 12.5. The van der Waals surface area contributed by atoms with Gasteiger partial charge in [0, 0.05) is 38.6 Å². The Bertz CT molecular complexity index is 640. The molecule has 5 nitrogen and oxygen atoms in total. The molecule has 0 spiro atoms. The zero-order valence-corrected chi connectivity index (χ0v) is 13.7. The predicted octanol–water partition coefficient (Wildman–Crippen LogP) is 1.28. The maximum atomic E-state index is 12.5. The van der Waals surface area contributed by atoms with Crippen molar-refractivity contribution in [2.45, 2.75) is 25.1 Å². The summed E-state index contributed by atoms with van der Waals surface area (Å²) in [6.07, 6.45) is -3.64. The molecule has 2 amide bonds. The van der Waals surface area contributed by atoms with Crippen LogP contribution in [0.1, 0.15) is 17.5 Å². The molecule has 0 bridgehead atoms. The highest BCUT2D eigenvalue weighted by atomic mass is 19.4. The first-order valence-corrected chi connectivity index (χ1v) is 8.27. The van der Waals surface area contributed by atoms with Crippen LogP contribution in [0, 0.1) is 0 Å². The van der Waals surface area contributed by atoms with Crippen molar-refractivity contribution < 1.29 is 22.8 Å². The van der Waals surface area contributed by atoms with Crippen LogP contribution in [0.25, 0.3) is 0 Å². The lowest BCUT2D eigenvalue weighted by Crippen LogP contribution is -2.64. The number of nitrogens with zero attached hydrogens (tertiary/aromatic N) is 2. The van der Waals surface area contributed by atoms with E-state index in [1.165, 1.54) is 12.1 Å². The minimum Gasteiger partial charge on any atom is -0.354 e. The second-order valence-corrected chi connectivity index (χ2v) is 6.47. The monoisotopic (exact) mass is 355 g/mol. The first-order chi connectivity index (χ1) is 11.8. The second-order valence-electron chi connectivity index (χ2n) is 6.47. The molecule has 0 unspecified atom stereocenters. The Morgan fingerprint density at radius 1 is 1.20 bits per heavy atom. The Hall–Kier alpha value is -2.09. The number of carbonyl (C=O) groups is 2.